The van der Waals surface area contributed by atoms with Gasteiger partial charge in [0.2, 0.25) is 0 Å². The normalized spacial score (nSPS) is 11.2. The molecule has 0 bridgehead atoms. The van der Waals surface area contributed by atoms with E-state index in [4.69, 9.17) is 22.1 Å². The van der Waals surface area contributed by atoms with Gasteiger partial charge in [0.1, 0.15) is 5.75 Å². The molecule has 0 radical (unpaired) electrons. The number of halogens is 1. The van der Waals surface area contributed by atoms with Crippen LogP contribution < -0.4 is 10.5 Å². The molecule has 0 saturated carbocycles. The highest BCUT2D eigenvalue weighted by molar-refractivity contribution is 6.30. The van der Waals surface area contributed by atoms with Crippen LogP contribution in [0.3, 0.4) is 0 Å². The standard InChI is InChI=1S/C16H14ClNO2/c1-11-2-8-14(9-3-11)20-15(16(18)19)10-12-4-6-13(17)7-5-12/h2-10H,1H3,(H2,18,19)/b15-10-. The highest BCUT2D eigenvalue weighted by atomic mass is 35.5. The van der Waals surface area contributed by atoms with E-state index >= 15 is 0 Å². The summed E-state index contributed by atoms with van der Waals surface area (Å²) in [5, 5.41) is 0.627. The lowest BCUT2D eigenvalue weighted by atomic mass is 10.2. The van der Waals surface area contributed by atoms with Crippen molar-refractivity contribution in [1.29, 1.82) is 0 Å². The van der Waals surface area contributed by atoms with E-state index in [1.165, 1.54) is 0 Å². The second kappa shape index (κ2) is 6.26. The van der Waals surface area contributed by atoms with Crippen molar-refractivity contribution in [2.45, 2.75) is 6.92 Å². The van der Waals surface area contributed by atoms with Gasteiger partial charge in [-0.2, -0.15) is 0 Å². The van der Waals surface area contributed by atoms with Crippen LogP contribution in [-0.2, 0) is 4.79 Å². The summed E-state index contributed by atoms with van der Waals surface area (Å²) >= 11 is 5.81. The van der Waals surface area contributed by atoms with Gasteiger partial charge in [-0.05, 0) is 42.8 Å². The number of carbonyl (C=O) groups excluding carboxylic acids is 1. The van der Waals surface area contributed by atoms with Gasteiger partial charge in [0, 0.05) is 5.02 Å². The third-order valence-electron chi connectivity index (χ3n) is 2.66. The zero-order valence-electron chi connectivity index (χ0n) is 11.0. The Morgan fingerprint density at radius 3 is 2.25 bits per heavy atom. The molecule has 2 aromatic rings. The maximum atomic E-state index is 11.4. The summed E-state index contributed by atoms with van der Waals surface area (Å²) < 4.78 is 5.52. The average molecular weight is 288 g/mol. The molecule has 0 aliphatic heterocycles. The Bertz CT molecular complexity index is 631. The Balaban J connectivity index is 2.25. The van der Waals surface area contributed by atoms with Gasteiger partial charge in [-0.25, -0.2) is 0 Å². The van der Waals surface area contributed by atoms with E-state index in [0.29, 0.717) is 10.8 Å². The van der Waals surface area contributed by atoms with Crippen molar-refractivity contribution in [3.63, 3.8) is 0 Å². The Morgan fingerprint density at radius 2 is 1.70 bits per heavy atom. The van der Waals surface area contributed by atoms with Crippen LogP contribution in [0.15, 0.2) is 54.3 Å². The van der Waals surface area contributed by atoms with Gasteiger partial charge >= 0.3 is 0 Å². The van der Waals surface area contributed by atoms with Crippen LogP contribution in [0.4, 0.5) is 0 Å². The van der Waals surface area contributed by atoms with E-state index in [2.05, 4.69) is 0 Å². The molecule has 1 amide bonds. The van der Waals surface area contributed by atoms with E-state index in [0.717, 1.165) is 11.1 Å². The summed E-state index contributed by atoms with van der Waals surface area (Å²) in [5.41, 5.74) is 7.23. The van der Waals surface area contributed by atoms with Gasteiger partial charge in [-0.3, -0.25) is 4.79 Å². The smallest absolute Gasteiger partial charge is 0.284 e. The van der Waals surface area contributed by atoms with Gasteiger partial charge in [0.05, 0.1) is 0 Å². The van der Waals surface area contributed by atoms with Crippen LogP contribution in [0.2, 0.25) is 5.02 Å². The van der Waals surface area contributed by atoms with Crippen molar-refractivity contribution in [1.82, 2.24) is 0 Å². The molecule has 0 aromatic heterocycles. The van der Waals surface area contributed by atoms with Crippen LogP contribution >= 0.6 is 11.6 Å². The second-order valence-corrected chi connectivity index (χ2v) is 4.78. The predicted octanol–water partition coefficient (Wildman–Crippen LogP) is 3.55. The summed E-state index contributed by atoms with van der Waals surface area (Å²) in [6.07, 6.45) is 1.58. The number of rotatable bonds is 4. The van der Waals surface area contributed by atoms with Crippen LogP contribution in [-0.4, -0.2) is 5.91 Å². The molecule has 2 aromatic carbocycles. The van der Waals surface area contributed by atoms with Gasteiger partial charge < -0.3 is 10.5 Å². The number of amides is 1. The largest absolute Gasteiger partial charge is 0.452 e. The maximum Gasteiger partial charge on any atom is 0.284 e. The van der Waals surface area contributed by atoms with Crippen molar-refractivity contribution in [3.8, 4) is 5.75 Å². The summed E-state index contributed by atoms with van der Waals surface area (Å²) in [7, 11) is 0. The maximum absolute atomic E-state index is 11.4. The third-order valence-corrected chi connectivity index (χ3v) is 2.91. The fourth-order valence-corrected chi connectivity index (χ4v) is 1.72. The average Bonchev–Trinajstić information content (AvgIpc) is 2.42. The first kappa shape index (κ1) is 14.2. The molecule has 2 N–H and O–H groups in total. The first-order chi connectivity index (χ1) is 9.54. The molecule has 0 fully saturated rings. The summed E-state index contributed by atoms with van der Waals surface area (Å²) in [6.45, 7) is 1.97. The summed E-state index contributed by atoms with van der Waals surface area (Å²) in [4.78, 5) is 11.4. The highest BCUT2D eigenvalue weighted by Gasteiger charge is 2.08. The van der Waals surface area contributed by atoms with Crippen molar-refractivity contribution < 1.29 is 9.53 Å². The topological polar surface area (TPSA) is 52.3 Å². The predicted molar refractivity (Wildman–Crippen MR) is 80.4 cm³/mol. The summed E-state index contributed by atoms with van der Waals surface area (Å²) in [6, 6.07) is 14.4. The lowest BCUT2D eigenvalue weighted by Crippen LogP contribution is -2.18. The van der Waals surface area contributed by atoms with Crippen molar-refractivity contribution in [2.24, 2.45) is 5.73 Å². The third kappa shape index (κ3) is 3.87. The lowest BCUT2D eigenvalue weighted by Gasteiger charge is -2.07. The number of ether oxygens (including phenoxy) is 1. The van der Waals surface area contributed by atoms with Gasteiger partial charge in [-0.1, -0.05) is 41.4 Å². The van der Waals surface area contributed by atoms with E-state index < -0.39 is 5.91 Å². The molecule has 0 unspecified atom stereocenters. The minimum Gasteiger partial charge on any atom is -0.452 e. The first-order valence-corrected chi connectivity index (χ1v) is 6.44. The summed E-state index contributed by atoms with van der Waals surface area (Å²) in [5.74, 6) is 0.0197. The fraction of sp³-hybridized carbons (Fsp3) is 0.0625. The van der Waals surface area contributed by atoms with E-state index in [-0.39, 0.29) is 5.76 Å². The van der Waals surface area contributed by atoms with Gasteiger partial charge in [-0.15, -0.1) is 0 Å². The van der Waals surface area contributed by atoms with Crippen LogP contribution in [0.5, 0.6) is 5.75 Å². The number of hydrogen-bond donors (Lipinski definition) is 1. The van der Waals surface area contributed by atoms with Gasteiger partial charge in [0.25, 0.3) is 5.91 Å². The Kier molecular flexibility index (Phi) is 4.43. The van der Waals surface area contributed by atoms with Crippen LogP contribution in [0, 0.1) is 6.92 Å². The Morgan fingerprint density at radius 1 is 1.10 bits per heavy atom. The quantitative estimate of drug-likeness (QED) is 0.690. The number of nitrogens with two attached hydrogens (primary N) is 1. The van der Waals surface area contributed by atoms with Gasteiger partial charge in [0.15, 0.2) is 5.76 Å². The fourth-order valence-electron chi connectivity index (χ4n) is 1.59. The van der Waals surface area contributed by atoms with Crippen LogP contribution in [0.1, 0.15) is 11.1 Å². The molecule has 0 aliphatic rings. The lowest BCUT2D eigenvalue weighted by molar-refractivity contribution is -0.116. The molecule has 0 aliphatic carbocycles. The Labute approximate surface area is 122 Å². The van der Waals surface area contributed by atoms with Crippen molar-refractivity contribution in [2.75, 3.05) is 0 Å². The molecule has 3 nitrogen and oxygen atoms in total. The molecule has 0 atom stereocenters. The zero-order valence-corrected chi connectivity index (χ0v) is 11.7. The molecule has 0 heterocycles. The molecular formula is C16H14ClNO2. The zero-order chi connectivity index (χ0) is 14.5. The van der Waals surface area contributed by atoms with E-state index in [1.807, 2.05) is 19.1 Å². The first-order valence-electron chi connectivity index (χ1n) is 6.06. The van der Waals surface area contributed by atoms with Crippen molar-refractivity contribution >= 4 is 23.6 Å². The monoisotopic (exact) mass is 287 g/mol. The SMILES string of the molecule is Cc1ccc(O/C(=C\c2ccc(Cl)cc2)C(N)=O)cc1. The minimum atomic E-state index is -0.625. The minimum absolute atomic E-state index is 0.0798. The molecule has 4 heteroatoms. The number of carbonyl (C=O) groups is 1. The molecule has 0 saturated heterocycles. The molecule has 20 heavy (non-hydrogen) atoms. The van der Waals surface area contributed by atoms with E-state index in [1.54, 1.807) is 42.5 Å². The highest BCUT2D eigenvalue weighted by Crippen LogP contribution is 2.17. The Hall–Kier alpha value is -2.26. The molecule has 102 valence electrons. The van der Waals surface area contributed by atoms with Crippen LogP contribution in [0.25, 0.3) is 6.08 Å². The van der Waals surface area contributed by atoms with Crippen molar-refractivity contribution in [3.05, 3.63) is 70.4 Å². The number of aryl methyl sites for hydroxylation is 1. The number of primary amides is 1. The van der Waals surface area contributed by atoms with E-state index in [9.17, 15) is 4.79 Å². The molecular weight excluding hydrogens is 274 g/mol. The molecule has 2 rings (SSSR count). The number of hydrogen-bond acceptors (Lipinski definition) is 2. The second-order valence-electron chi connectivity index (χ2n) is 4.34. The number of benzene rings is 2. The molecule has 0 spiro atoms.